The number of benzene rings is 1. The van der Waals surface area contributed by atoms with E-state index < -0.39 is 15.9 Å². The normalized spacial score (nSPS) is 11.4. The molecule has 0 fully saturated rings. The first kappa shape index (κ1) is 15.5. The van der Waals surface area contributed by atoms with Gasteiger partial charge in [0.2, 0.25) is 0 Å². The van der Waals surface area contributed by atoms with Crippen molar-refractivity contribution in [1.29, 1.82) is 0 Å². The monoisotopic (exact) mass is 329 g/mol. The average molecular weight is 330 g/mol. The van der Waals surface area contributed by atoms with E-state index in [4.69, 9.17) is 16.1 Å². The highest BCUT2D eigenvalue weighted by Crippen LogP contribution is 2.18. The lowest BCUT2D eigenvalue weighted by Gasteiger charge is -2.08. The third-order valence-corrected chi connectivity index (χ3v) is 4.47. The summed E-state index contributed by atoms with van der Waals surface area (Å²) in [5.74, 6) is -0.539. The molecule has 1 amide bonds. The molecule has 0 aliphatic rings. The summed E-state index contributed by atoms with van der Waals surface area (Å²) in [7, 11) is -3.98. The standard InChI is InChI=1S/C12H12ClN3O4S/c1-7-11(8(2)20-15-7)21(18,19)16-14-12(17)9-5-3-4-6-10(9)13/h3-6,16H,1-2H3,(H,14,17). The molecule has 0 bridgehead atoms. The van der Waals surface area contributed by atoms with Crippen LogP contribution in [-0.2, 0) is 10.0 Å². The second-order valence-electron chi connectivity index (χ2n) is 4.19. The Balaban J connectivity index is 2.17. The summed E-state index contributed by atoms with van der Waals surface area (Å²) in [6, 6.07) is 6.28. The second-order valence-corrected chi connectivity index (χ2v) is 6.22. The summed E-state index contributed by atoms with van der Waals surface area (Å²) in [6.07, 6.45) is 0. The van der Waals surface area contributed by atoms with E-state index in [1.54, 1.807) is 12.1 Å². The lowest BCUT2D eigenvalue weighted by Crippen LogP contribution is -2.41. The molecule has 9 heteroatoms. The summed E-state index contributed by atoms with van der Waals surface area (Å²) in [5, 5.41) is 3.77. The van der Waals surface area contributed by atoms with Gasteiger partial charge in [-0.15, -0.1) is 4.83 Å². The van der Waals surface area contributed by atoms with Gasteiger partial charge in [0.15, 0.2) is 5.76 Å². The number of carbonyl (C=O) groups excluding carboxylic acids is 1. The zero-order valence-electron chi connectivity index (χ0n) is 11.2. The second kappa shape index (κ2) is 5.84. The third kappa shape index (κ3) is 3.23. The average Bonchev–Trinajstić information content (AvgIpc) is 2.77. The van der Waals surface area contributed by atoms with Gasteiger partial charge in [-0.3, -0.25) is 10.2 Å². The number of halogens is 1. The van der Waals surface area contributed by atoms with Crippen molar-refractivity contribution in [3.05, 3.63) is 46.3 Å². The molecule has 0 aliphatic carbocycles. The Morgan fingerprint density at radius 2 is 1.95 bits per heavy atom. The van der Waals surface area contributed by atoms with Crippen LogP contribution in [0.5, 0.6) is 0 Å². The van der Waals surface area contributed by atoms with Crippen molar-refractivity contribution in [2.75, 3.05) is 0 Å². The molecule has 0 saturated carbocycles. The molecule has 112 valence electrons. The molecule has 21 heavy (non-hydrogen) atoms. The maximum Gasteiger partial charge on any atom is 0.267 e. The first-order chi connectivity index (χ1) is 9.83. The van der Waals surface area contributed by atoms with Crippen LogP contribution in [0.4, 0.5) is 0 Å². The number of nitrogens with zero attached hydrogens (tertiary/aromatic N) is 1. The highest BCUT2D eigenvalue weighted by atomic mass is 35.5. The first-order valence-electron chi connectivity index (χ1n) is 5.82. The molecule has 0 spiro atoms. The van der Waals surface area contributed by atoms with Crippen LogP contribution < -0.4 is 10.3 Å². The van der Waals surface area contributed by atoms with Crippen LogP contribution in [0.3, 0.4) is 0 Å². The van der Waals surface area contributed by atoms with Crippen LogP contribution >= 0.6 is 11.6 Å². The minimum atomic E-state index is -3.98. The Kier molecular flexibility index (Phi) is 4.31. The van der Waals surface area contributed by atoms with E-state index in [2.05, 4.69) is 10.6 Å². The van der Waals surface area contributed by atoms with E-state index in [0.29, 0.717) is 0 Å². The van der Waals surface area contributed by atoms with Crippen LogP contribution in [0.25, 0.3) is 0 Å². The molecule has 2 rings (SSSR count). The van der Waals surface area contributed by atoms with Gasteiger partial charge in [0, 0.05) is 0 Å². The van der Waals surface area contributed by atoms with Crippen molar-refractivity contribution in [2.45, 2.75) is 18.7 Å². The molecule has 1 aromatic carbocycles. The molecule has 2 N–H and O–H groups in total. The van der Waals surface area contributed by atoms with E-state index in [1.807, 2.05) is 4.83 Å². The van der Waals surface area contributed by atoms with Crippen molar-refractivity contribution in [1.82, 2.24) is 15.4 Å². The summed E-state index contributed by atoms with van der Waals surface area (Å²) in [6.45, 7) is 2.95. The van der Waals surface area contributed by atoms with Crippen LogP contribution in [0.2, 0.25) is 5.02 Å². The van der Waals surface area contributed by atoms with Crippen LogP contribution in [0.1, 0.15) is 21.8 Å². The van der Waals surface area contributed by atoms with Gasteiger partial charge < -0.3 is 4.52 Å². The highest BCUT2D eigenvalue weighted by molar-refractivity contribution is 7.89. The number of nitrogens with one attached hydrogen (secondary N) is 2. The van der Waals surface area contributed by atoms with E-state index in [9.17, 15) is 13.2 Å². The summed E-state index contributed by atoms with van der Waals surface area (Å²) in [4.78, 5) is 13.8. The first-order valence-corrected chi connectivity index (χ1v) is 7.68. The maximum absolute atomic E-state index is 12.1. The number of amides is 1. The number of aryl methyl sites for hydroxylation is 2. The van der Waals surface area contributed by atoms with Gasteiger partial charge in [-0.2, -0.15) is 0 Å². The molecule has 0 radical (unpaired) electrons. The Morgan fingerprint density at radius 1 is 1.29 bits per heavy atom. The zero-order chi connectivity index (χ0) is 15.6. The summed E-state index contributed by atoms with van der Waals surface area (Å²) >= 11 is 5.86. The lowest BCUT2D eigenvalue weighted by molar-refractivity contribution is 0.0945. The Morgan fingerprint density at radius 3 is 2.52 bits per heavy atom. The quantitative estimate of drug-likeness (QED) is 0.829. The molecule has 1 aromatic heterocycles. The van der Waals surface area contributed by atoms with Crippen LogP contribution in [0, 0.1) is 13.8 Å². The number of sulfonamides is 1. The fourth-order valence-electron chi connectivity index (χ4n) is 1.74. The largest absolute Gasteiger partial charge is 0.360 e. The topological polar surface area (TPSA) is 101 Å². The van der Waals surface area contributed by atoms with Crippen LogP contribution in [0.15, 0.2) is 33.7 Å². The van der Waals surface area contributed by atoms with E-state index >= 15 is 0 Å². The van der Waals surface area contributed by atoms with Gasteiger partial charge >= 0.3 is 0 Å². The number of hydrazine groups is 1. The molecule has 0 unspecified atom stereocenters. The number of carbonyl (C=O) groups is 1. The van der Waals surface area contributed by atoms with Crippen LogP contribution in [-0.4, -0.2) is 19.5 Å². The molecule has 0 aliphatic heterocycles. The van der Waals surface area contributed by atoms with Gasteiger partial charge in [0.25, 0.3) is 15.9 Å². The van der Waals surface area contributed by atoms with E-state index in [1.165, 1.54) is 26.0 Å². The number of aromatic nitrogens is 1. The Labute approximate surface area is 126 Å². The zero-order valence-corrected chi connectivity index (χ0v) is 12.7. The molecular weight excluding hydrogens is 318 g/mol. The van der Waals surface area contributed by atoms with Crippen molar-refractivity contribution in [2.24, 2.45) is 0 Å². The molecular formula is C12H12ClN3O4S. The highest BCUT2D eigenvalue weighted by Gasteiger charge is 2.25. The fraction of sp³-hybridized carbons (Fsp3) is 0.167. The minimum Gasteiger partial charge on any atom is -0.360 e. The maximum atomic E-state index is 12.1. The Bertz CT molecular complexity index is 766. The summed E-state index contributed by atoms with van der Waals surface area (Å²) < 4.78 is 29.0. The molecule has 7 nitrogen and oxygen atoms in total. The predicted molar refractivity (Wildman–Crippen MR) is 75.2 cm³/mol. The van der Waals surface area contributed by atoms with Gasteiger partial charge in [-0.05, 0) is 26.0 Å². The number of hydrogen-bond donors (Lipinski definition) is 2. The van der Waals surface area contributed by atoms with Crippen molar-refractivity contribution in [3.8, 4) is 0 Å². The molecule has 0 saturated heterocycles. The van der Waals surface area contributed by atoms with Gasteiger partial charge in [-0.1, -0.05) is 28.9 Å². The predicted octanol–water partition coefficient (Wildman–Crippen LogP) is 1.57. The van der Waals surface area contributed by atoms with Crippen molar-refractivity contribution in [3.63, 3.8) is 0 Å². The van der Waals surface area contributed by atoms with Crippen molar-refractivity contribution < 1.29 is 17.7 Å². The number of hydrogen-bond acceptors (Lipinski definition) is 5. The molecule has 0 atom stereocenters. The fourth-order valence-corrected chi connectivity index (χ4v) is 3.13. The number of rotatable bonds is 4. The molecule has 2 aromatic rings. The van der Waals surface area contributed by atoms with Gasteiger partial charge in [0.1, 0.15) is 10.6 Å². The minimum absolute atomic E-state index is 0.109. The van der Waals surface area contributed by atoms with Gasteiger partial charge in [-0.25, -0.2) is 8.42 Å². The van der Waals surface area contributed by atoms with E-state index in [0.717, 1.165) is 0 Å². The smallest absolute Gasteiger partial charge is 0.267 e. The van der Waals surface area contributed by atoms with Crippen molar-refractivity contribution >= 4 is 27.5 Å². The summed E-state index contributed by atoms with van der Waals surface area (Å²) in [5.41, 5.74) is 2.45. The van der Waals surface area contributed by atoms with E-state index in [-0.39, 0.29) is 26.9 Å². The Hall–Kier alpha value is -1.90. The van der Waals surface area contributed by atoms with Gasteiger partial charge in [0.05, 0.1) is 10.6 Å². The lowest BCUT2D eigenvalue weighted by atomic mass is 10.2. The SMILES string of the molecule is Cc1noc(C)c1S(=O)(=O)NNC(=O)c1ccccc1Cl. The third-order valence-electron chi connectivity index (χ3n) is 2.65. The molecule has 1 heterocycles.